The first-order valence-electron chi connectivity index (χ1n) is 5.75. The van der Waals surface area contributed by atoms with Crippen LogP contribution in [0.4, 0.5) is 5.69 Å². The molecule has 18 heavy (non-hydrogen) atoms. The molecule has 96 valence electrons. The lowest BCUT2D eigenvalue weighted by molar-refractivity contribution is -0.119. The summed E-state index contributed by atoms with van der Waals surface area (Å²) in [5.74, 6) is -1.37. The number of nitrogens with zero attached hydrogens (tertiary/aromatic N) is 2. The molecule has 2 N–H and O–H groups in total. The van der Waals surface area contributed by atoms with Crippen molar-refractivity contribution in [2.45, 2.75) is 6.42 Å². The number of carboxylic acids is 1. The van der Waals surface area contributed by atoms with Crippen LogP contribution in [-0.4, -0.2) is 47.0 Å². The molecule has 1 aromatic heterocycles. The summed E-state index contributed by atoms with van der Waals surface area (Å²) in [6.07, 6.45) is 2.19. The van der Waals surface area contributed by atoms with E-state index in [1.54, 1.807) is 12.1 Å². The number of pyridine rings is 1. The predicted octanol–water partition coefficient (Wildman–Crippen LogP) is 0.670. The van der Waals surface area contributed by atoms with E-state index in [9.17, 15) is 9.59 Å². The molecule has 6 heteroatoms. The van der Waals surface area contributed by atoms with Gasteiger partial charge in [-0.1, -0.05) is 0 Å². The van der Waals surface area contributed by atoms with Gasteiger partial charge in [-0.2, -0.15) is 0 Å². The molecule has 1 unspecified atom stereocenters. The van der Waals surface area contributed by atoms with Crippen LogP contribution in [0.25, 0.3) is 0 Å². The Balaban J connectivity index is 2.09. The van der Waals surface area contributed by atoms with Crippen LogP contribution in [-0.2, 0) is 4.79 Å². The van der Waals surface area contributed by atoms with E-state index < -0.39 is 5.97 Å². The van der Waals surface area contributed by atoms with Gasteiger partial charge in [0, 0.05) is 12.7 Å². The van der Waals surface area contributed by atoms with Gasteiger partial charge in [-0.15, -0.1) is 0 Å². The lowest BCUT2D eigenvalue weighted by atomic mass is 10.1. The molecule has 1 fully saturated rings. The average molecular weight is 249 g/mol. The van der Waals surface area contributed by atoms with E-state index in [1.165, 1.54) is 6.20 Å². The Bertz CT molecular complexity index is 475. The van der Waals surface area contributed by atoms with Gasteiger partial charge in [-0.3, -0.25) is 4.79 Å². The van der Waals surface area contributed by atoms with Crippen LogP contribution in [0.5, 0.6) is 0 Å². The fraction of sp³-hybridized carbons (Fsp3) is 0.417. The fourth-order valence-corrected chi connectivity index (χ4v) is 2.06. The van der Waals surface area contributed by atoms with Crippen molar-refractivity contribution in [2.75, 3.05) is 25.5 Å². The van der Waals surface area contributed by atoms with Crippen molar-refractivity contribution in [3.8, 4) is 0 Å². The van der Waals surface area contributed by atoms with Gasteiger partial charge in [0.15, 0.2) is 5.69 Å². The number of carboxylic acid groups (broad SMARTS) is 1. The molecule has 2 heterocycles. The van der Waals surface area contributed by atoms with Crippen molar-refractivity contribution in [3.05, 3.63) is 24.0 Å². The topological polar surface area (TPSA) is 82.5 Å². The number of nitrogens with one attached hydrogen (secondary N) is 1. The monoisotopic (exact) mass is 249 g/mol. The second-order valence-corrected chi connectivity index (χ2v) is 4.44. The number of aromatic carboxylic acids is 1. The summed E-state index contributed by atoms with van der Waals surface area (Å²) in [5.41, 5.74) is 0.127. The molecule has 2 rings (SSSR count). The first-order chi connectivity index (χ1) is 8.58. The summed E-state index contributed by atoms with van der Waals surface area (Å²) in [5, 5.41) is 11.6. The first kappa shape index (κ1) is 12.5. The average Bonchev–Trinajstić information content (AvgIpc) is 2.76. The third kappa shape index (κ3) is 2.65. The van der Waals surface area contributed by atoms with Crippen LogP contribution in [0.1, 0.15) is 16.9 Å². The summed E-state index contributed by atoms with van der Waals surface area (Å²) >= 11 is 0. The Morgan fingerprint density at radius 2 is 2.33 bits per heavy atom. The number of anilines is 1. The van der Waals surface area contributed by atoms with Crippen molar-refractivity contribution >= 4 is 17.6 Å². The summed E-state index contributed by atoms with van der Waals surface area (Å²) in [6.45, 7) is 1.59. The maximum atomic E-state index is 12.0. The highest BCUT2D eigenvalue weighted by atomic mass is 16.4. The maximum Gasteiger partial charge on any atom is 0.356 e. The molecule has 1 saturated heterocycles. The van der Waals surface area contributed by atoms with Crippen LogP contribution in [0.3, 0.4) is 0 Å². The molecule has 1 amide bonds. The highest BCUT2D eigenvalue weighted by Gasteiger charge is 2.27. The summed E-state index contributed by atoms with van der Waals surface area (Å²) < 4.78 is 0. The molecule has 0 saturated carbocycles. The van der Waals surface area contributed by atoms with E-state index in [0.717, 1.165) is 13.0 Å². The van der Waals surface area contributed by atoms with E-state index in [1.807, 2.05) is 7.05 Å². The molecule has 1 aromatic rings. The molecule has 0 bridgehead atoms. The first-order valence-corrected chi connectivity index (χ1v) is 5.75. The minimum absolute atomic E-state index is 0.0862. The zero-order valence-electron chi connectivity index (χ0n) is 10.1. The van der Waals surface area contributed by atoms with Gasteiger partial charge in [0.05, 0.1) is 11.6 Å². The Hall–Kier alpha value is -1.95. The van der Waals surface area contributed by atoms with Gasteiger partial charge in [-0.25, -0.2) is 9.78 Å². The van der Waals surface area contributed by atoms with E-state index >= 15 is 0 Å². The van der Waals surface area contributed by atoms with E-state index in [2.05, 4.69) is 15.2 Å². The highest BCUT2D eigenvalue weighted by molar-refractivity contribution is 5.99. The number of hydrogen-bond donors (Lipinski definition) is 2. The van der Waals surface area contributed by atoms with Crippen molar-refractivity contribution in [2.24, 2.45) is 5.92 Å². The van der Waals surface area contributed by atoms with Crippen LogP contribution >= 0.6 is 0 Å². The molecular weight excluding hydrogens is 234 g/mol. The summed E-state index contributed by atoms with van der Waals surface area (Å²) in [6, 6.07) is 3.15. The van der Waals surface area contributed by atoms with E-state index in [-0.39, 0.29) is 23.2 Å². The molecule has 1 aliphatic rings. The molecule has 0 aromatic carbocycles. The maximum absolute atomic E-state index is 12.0. The molecule has 0 radical (unpaired) electrons. The lowest BCUT2D eigenvalue weighted by Crippen LogP contribution is -2.26. The van der Waals surface area contributed by atoms with Gasteiger partial charge >= 0.3 is 5.97 Å². The Kier molecular flexibility index (Phi) is 3.57. The van der Waals surface area contributed by atoms with Gasteiger partial charge in [0.2, 0.25) is 5.91 Å². The van der Waals surface area contributed by atoms with Crippen LogP contribution in [0, 0.1) is 5.92 Å². The zero-order chi connectivity index (χ0) is 13.1. The van der Waals surface area contributed by atoms with Crippen molar-refractivity contribution in [1.82, 2.24) is 9.88 Å². The molecule has 0 spiro atoms. The third-order valence-electron chi connectivity index (χ3n) is 3.03. The summed E-state index contributed by atoms with van der Waals surface area (Å²) in [4.78, 5) is 28.8. The minimum atomic E-state index is -1.14. The SMILES string of the molecule is CN1CCC(C(=O)Nc2cccnc2C(=O)O)C1. The summed E-state index contributed by atoms with van der Waals surface area (Å²) in [7, 11) is 1.96. The smallest absolute Gasteiger partial charge is 0.356 e. The number of amides is 1. The molecular formula is C12H15N3O3. The van der Waals surface area contributed by atoms with Crippen LogP contribution in [0.2, 0.25) is 0 Å². The normalized spacial score (nSPS) is 19.7. The number of rotatable bonds is 3. The number of likely N-dealkylation sites (tertiary alicyclic amines) is 1. The van der Waals surface area contributed by atoms with Crippen molar-refractivity contribution in [3.63, 3.8) is 0 Å². The van der Waals surface area contributed by atoms with Crippen LogP contribution in [0.15, 0.2) is 18.3 Å². The minimum Gasteiger partial charge on any atom is -0.476 e. The highest BCUT2D eigenvalue weighted by Crippen LogP contribution is 2.18. The molecule has 6 nitrogen and oxygen atoms in total. The quantitative estimate of drug-likeness (QED) is 0.822. The van der Waals surface area contributed by atoms with E-state index in [0.29, 0.717) is 6.54 Å². The third-order valence-corrected chi connectivity index (χ3v) is 3.03. The number of aromatic nitrogens is 1. The Morgan fingerprint density at radius 3 is 2.94 bits per heavy atom. The van der Waals surface area contributed by atoms with Gasteiger partial charge in [0.1, 0.15) is 0 Å². The second kappa shape index (κ2) is 5.14. The molecule has 1 aliphatic heterocycles. The fourth-order valence-electron chi connectivity index (χ4n) is 2.06. The second-order valence-electron chi connectivity index (χ2n) is 4.44. The van der Waals surface area contributed by atoms with Gasteiger partial charge in [0.25, 0.3) is 0 Å². The van der Waals surface area contributed by atoms with Crippen molar-refractivity contribution < 1.29 is 14.7 Å². The standard InChI is InChI=1S/C12H15N3O3/c1-15-6-4-8(7-15)11(16)14-9-3-2-5-13-10(9)12(17)18/h2-3,5,8H,4,6-7H2,1H3,(H,14,16)(H,17,18). The number of carbonyl (C=O) groups excluding carboxylic acids is 1. The largest absolute Gasteiger partial charge is 0.476 e. The van der Waals surface area contributed by atoms with E-state index in [4.69, 9.17) is 5.11 Å². The predicted molar refractivity (Wildman–Crippen MR) is 65.4 cm³/mol. The number of hydrogen-bond acceptors (Lipinski definition) is 4. The zero-order valence-corrected chi connectivity index (χ0v) is 10.1. The van der Waals surface area contributed by atoms with Crippen molar-refractivity contribution in [1.29, 1.82) is 0 Å². The lowest BCUT2D eigenvalue weighted by Gasteiger charge is -2.12. The van der Waals surface area contributed by atoms with Gasteiger partial charge < -0.3 is 15.3 Å². The number of carbonyl (C=O) groups is 2. The van der Waals surface area contributed by atoms with Gasteiger partial charge in [-0.05, 0) is 32.1 Å². The van der Waals surface area contributed by atoms with Crippen LogP contribution < -0.4 is 5.32 Å². The Morgan fingerprint density at radius 1 is 1.56 bits per heavy atom. The molecule has 0 aliphatic carbocycles. The molecule has 1 atom stereocenters. The Labute approximate surface area is 105 Å².